The Hall–Kier alpha value is -1.61. The van der Waals surface area contributed by atoms with Crippen LogP contribution >= 0.6 is 0 Å². The summed E-state index contributed by atoms with van der Waals surface area (Å²) in [5.74, 6) is 0.284. The van der Waals surface area contributed by atoms with E-state index < -0.39 is 0 Å². The van der Waals surface area contributed by atoms with Gasteiger partial charge in [-0.2, -0.15) is 0 Å². The van der Waals surface area contributed by atoms with Gasteiger partial charge in [0.05, 0.1) is 0 Å². The maximum absolute atomic E-state index is 7.00. The van der Waals surface area contributed by atoms with Gasteiger partial charge >= 0.3 is 21.7 Å². The van der Waals surface area contributed by atoms with Crippen LogP contribution in [0.5, 0.6) is 0 Å². The molecule has 0 unspecified atom stereocenters. The van der Waals surface area contributed by atoms with E-state index in [9.17, 15) is 0 Å². The number of fused-ring (bicyclic) bond motifs is 4. The minimum absolute atomic E-state index is 0. The van der Waals surface area contributed by atoms with Crippen molar-refractivity contribution in [3.8, 4) is 11.1 Å². The fourth-order valence-corrected chi connectivity index (χ4v) is 3.79. The Balaban J connectivity index is 0.000000761. The van der Waals surface area contributed by atoms with Gasteiger partial charge < -0.3 is 29.9 Å². The normalized spacial score (nSPS) is 10.9. The van der Waals surface area contributed by atoms with Crippen molar-refractivity contribution in [2.45, 2.75) is 5.92 Å². The molecule has 0 aromatic heterocycles. The van der Waals surface area contributed by atoms with E-state index in [0.717, 1.165) is 7.11 Å². The molecular weight excluding hydrogens is 423 g/mol. The second kappa shape index (κ2) is 10.8. The molecule has 5 rings (SSSR count). The fraction of sp³-hybridized carbons (Fsp3) is 0.0833. The van der Waals surface area contributed by atoms with Crippen LogP contribution in [0.1, 0.15) is 22.6 Å². The van der Waals surface area contributed by atoms with E-state index in [4.69, 9.17) is 5.11 Å². The second-order valence-electron chi connectivity index (χ2n) is 6.11. The van der Waals surface area contributed by atoms with Gasteiger partial charge in [-0.15, -0.1) is 46.7 Å². The molecular formula is C24H19Cl2OTi. The van der Waals surface area contributed by atoms with E-state index in [0.29, 0.717) is 0 Å². The van der Waals surface area contributed by atoms with Crippen molar-refractivity contribution in [2.75, 3.05) is 7.11 Å². The summed E-state index contributed by atoms with van der Waals surface area (Å²) in [6.45, 7) is 0. The fourth-order valence-electron chi connectivity index (χ4n) is 3.79. The summed E-state index contributed by atoms with van der Waals surface area (Å²) in [6, 6.07) is 34.0. The molecule has 1 N–H and O–H groups in total. The first kappa shape index (κ1) is 24.4. The van der Waals surface area contributed by atoms with Gasteiger partial charge in [0.2, 0.25) is 0 Å². The smallest absolute Gasteiger partial charge is 1.00 e. The number of halogens is 2. The molecule has 139 valence electrons. The molecule has 4 aromatic carbocycles. The van der Waals surface area contributed by atoms with Crippen molar-refractivity contribution in [1.29, 1.82) is 0 Å². The first-order chi connectivity index (χ1) is 12.4. The Morgan fingerprint density at radius 3 is 1.75 bits per heavy atom. The Bertz CT molecular complexity index is 1000. The summed E-state index contributed by atoms with van der Waals surface area (Å²) >= 11 is 0. The zero-order valence-electron chi connectivity index (χ0n) is 15.4. The molecule has 0 heterocycles. The van der Waals surface area contributed by atoms with Crippen LogP contribution in [0, 0.1) is 6.07 Å². The van der Waals surface area contributed by atoms with Crippen LogP contribution in [0.4, 0.5) is 0 Å². The van der Waals surface area contributed by atoms with Crippen LogP contribution in [0.2, 0.25) is 0 Å². The number of hydrogen-bond acceptors (Lipinski definition) is 1. The molecule has 28 heavy (non-hydrogen) atoms. The van der Waals surface area contributed by atoms with Crippen LogP contribution in [0.3, 0.4) is 0 Å². The van der Waals surface area contributed by atoms with Gasteiger partial charge in [0.15, 0.2) is 0 Å². The molecule has 1 aliphatic carbocycles. The van der Waals surface area contributed by atoms with E-state index in [1.54, 1.807) is 0 Å². The Morgan fingerprint density at radius 1 is 0.643 bits per heavy atom. The van der Waals surface area contributed by atoms with E-state index in [2.05, 4.69) is 91.0 Å². The molecule has 1 aliphatic rings. The number of aliphatic hydroxyl groups excluding tert-OH is 1. The van der Waals surface area contributed by atoms with Crippen molar-refractivity contribution in [2.24, 2.45) is 0 Å². The summed E-state index contributed by atoms with van der Waals surface area (Å²) in [6.07, 6.45) is 0. The van der Waals surface area contributed by atoms with Crippen LogP contribution in [0.15, 0.2) is 84.9 Å². The van der Waals surface area contributed by atoms with E-state index >= 15 is 0 Å². The molecule has 0 amide bonds. The molecule has 0 atom stereocenters. The van der Waals surface area contributed by atoms with E-state index in [1.807, 2.05) is 0 Å². The first-order valence-electron chi connectivity index (χ1n) is 8.46. The average Bonchev–Trinajstić information content (AvgIpc) is 3.04. The maximum atomic E-state index is 7.00. The maximum Gasteiger partial charge on any atom is 3.00 e. The number of rotatable bonds is 1. The van der Waals surface area contributed by atoms with Gasteiger partial charge in [-0.3, -0.25) is 0 Å². The standard InChI is InChI=1S/C23H15.CH4O.2ClH.Ti/c1-2-8-17-15-18(14-13-16(17)7-1)23-21-11-5-3-9-19(21)20-10-4-6-12-22(20)23;1-2;;;/h1-14,23H;2H,1H3;2*1H;/q-1;;;;+3/p-2. The largest absolute Gasteiger partial charge is 3.00 e. The predicted octanol–water partition coefficient (Wildman–Crippen LogP) is -0.585. The summed E-state index contributed by atoms with van der Waals surface area (Å²) in [5, 5.41) is 9.43. The molecule has 0 aliphatic heterocycles. The van der Waals surface area contributed by atoms with Crippen LogP contribution in [-0.2, 0) is 21.7 Å². The molecule has 0 bridgehead atoms. The molecule has 1 nitrogen and oxygen atoms in total. The topological polar surface area (TPSA) is 20.2 Å². The molecule has 0 saturated carbocycles. The predicted molar refractivity (Wildman–Crippen MR) is 104 cm³/mol. The van der Waals surface area contributed by atoms with Crippen molar-refractivity contribution in [3.05, 3.63) is 108 Å². The third-order valence-electron chi connectivity index (χ3n) is 4.83. The molecule has 0 spiro atoms. The quantitative estimate of drug-likeness (QED) is 0.272. The Morgan fingerprint density at radius 2 is 1.14 bits per heavy atom. The molecule has 4 aromatic rings. The number of aliphatic hydroxyl groups is 1. The van der Waals surface area contributed by atoms with Crippen LogP contribution in [0.25, 0.3) is 21.9 Å². The molecule has 1 radical (unpaired) electrons. The van der Waals surface area contributed by atoms with Gasteiger partial charge in [0.1, 0.15) is 0 Å². The zero-order valence-corrected chi connectivity index (χ0v) is 18.4. The minimum atomic E-state index is 0. The third-order valence-corrected chi connectivity index (χ3v) is 4.83. The monoisotopic (exact) mass is 441 g/mol. The summed E-state index contributed by atoms with van der Waals surface area (Å²) in [4.78, 5) is 0. The van der Waals surface area contributed by atoms with Crippen molar-refractivity contribution >= 4 is 10.8 Å². The number of hydrogen-bond donors (Lipinski definition) is 1. The van der Waals surface area contributed by atoms with Gasteiger partial charge in [-0.25, -0.2) is 0 Å². The third kappa shape index (κ3) is 4.20. The van der Waals surface area contributed by atoms with Crippen molar-refractivity contribution in [3.63, 3.8) is 0 Å². The number of benzene rings is 4. The Labute approximate surface area is 193 Å². The van der Waals surface area contributed by atoms with Gasteiger partial charge in [0, 0.05) is 13.0 Å². The van der Waals surface area contributed by atoms with E-state index in [1.165, 1.54) is 38.6 Å². The molecule has 0 fully saturated rings. The summed E-state index contributed by atoms with van der Waals surface area (Å²) in [7, 11) is 1.00. The van der Waals surface area contributed by atoms with Crippen LogP contribution < -0.4 is 24.8 Å². The Kier molecular flexibility index (Phi) is 9.43. The van der Waals surface area contributed by atoms with E-state index in [-0.39, 0.29) is 52.4 Å². The van der Waals surface area contributed by atoms with Crippen LogP contribution in [-0.4, -0.2) is 12.2 Å². The second-order valence-corrected chi connectivity index (χ2v) is 6.11. The zero-order chi connectivity index (χ0) is 17.2. The molecule has 4 heteroatoms. The van der Waals surface area contributed by atoms with Crippen molar-refractivity contribution < 1.29 is 51.6 Å². The molecule has 0 saturated heterocycles. The van der Waals surface area contributed by atoms with Gasteiger partial charge in [-0.05, 0) is 22.3 Å². The SMILES string of the molecule is CO.[Cl-].[Cl-].[Ti+3].[c-]1c(C2c3ccccc3-c3ccccc32)ccc2ccccc12. The van der Waals surface area contributed by atoms with Crippen molar-refractivity contribution in [1.82, 2.24) is 0 Å². The minimum Gasteiger partial charge on any atom is -1.00 e. The summed E-state index contributed by atoms with van der Waals surface area (Å²) < 4.78 is 0. The summed E-state index contributed by atoms with van der Waals surface area (Å²) in [5.41, 5.74) is 6.74. The first-order valence-corrected chi connectivity index (χ1v) is 8.46. The average molecular weight is 442 g/mol. The van der Waals surface area contributed by atoms with Gasteiger partial charge in [-0.1, -0.05) is 60.7 Å². The van der Waals surface area contributed by atoms with Gasteiger partial charge in [0.25, 0.3) is 0 Å².